The monoisotopic (exact) mass is 237 g/mol. The molecule has 0 aliphatic heterocycles. The van der Waals surface area contributed by atoms with Crippen molar-refractivity contribution in [1.82, 2.24) is 10.2 Å². The first-order valence-corrected chi connectivity index (χ1v) is 7.11. The summed E-state index contributed by atoms with van der Waals surface area (Å²) < 4.78 is 0. The number of likely N-dealkylation sites (N-methyl/N-ethyl adjacent to an activating group) is 1. The number of hydrogen-bond acceptors (Lipinski definition) is 3. The lowest BCUT2D eigenvalue weighted by Gasteiger charge is -2.28. The molecule has 98 valence electrons. The van der Waals surface area contributed by atoms with E-state index in [1.54, 1.807) is 0 Å². The highest BCUT2D eigenvalue weighted by atomic mass is 15.2. The first kappa shape index (κ1) is 14.5. The number of rotatable bonds is 6. The summed E-state index contributed by atoms with van der Waals surface area (Å²) in [6, 6.07) is 3.05. The largest absolute Gasteiger partial charge is 0.301 e. The molecule has 1 unspecified atom stereocenters. The molecule has 3 heteroatoms. The first-order chi connectivity index (χ1) is 8.27. The van der Waals surface area contributed by atoms with Crippen LogP contribution in [0.25, 0.3) is 0 Å². The summed E-state index contributed by atoms with van der Waals surface area (Å²) in [6.07, 6.45) is 9.19. The van der Waals surface area contributed by atoms with E-state index in [0.29, 0.717) is 6.04 Å². The van der Waals surface area contributed by atoms with Gasteiger partial charge < -0.3 is 10.2 Å². The van der Waals surface area contributed by atoms with Gasteiger partial charge in [0, 0.05) is 12.6 Å². The fourth-order valence-electron chi connectivity index (χ4n) is 2.61. The zero-order valence-electron chi connectivity index (χ0n) is 11.4. The van der Waals surface area contributed by atoms with Crippen molar-refractivity contribution in [3.8, 4) is 6.07 Å². The van der Waals surface area contributed by atoms with Crippen molar-refractivity contribution in [2.24, 2.45) is 0 Å². The molecule has 1 rings (SSSR count). The Kier molecular flexibility index (Phi) is 7.23. The van der Waals surface area contributed by atoms with Crippen molar-refractivity contribution in [1.29, 1.82) is 5.26 Å². The van der Waals surface area contributed by atoms with Gasteiger partial charge in [-0.2, -0.15) is 5.26 Å². The molecule has 1 aliphatic rings. The summed E-state index contributed by atoms with van der Waals surface area (Å²) in [4.78, 5) is 2.39. The molecule has 0 spiro atoms. The topological polar surface area (TPSA) is 39.1 Å². The van der Waals surface area contributed by atoms with Gasteiger partial charge in [0.25, 0.3) is 0 Å². The molecule has 1 fully saturated rings. The molecule has 0 radical (unpaired) electrons. The van der Waals surface area contributed by atoms with E-state index in [-0.39, 0.29) is 6.04 Å². The summed E-state index contributed by atoms with van der Waals surface area (Å²) in [5.41, 5.74) is 0. The summed E-state index contributed by atoms with van der Waals surface area (Å²) in [5, 5.41) is 12.4. The van der Waals surface area contributed by atoms with E-state index in [1.165, 1.54) is 38.5 Å². The Morgan fingerprint density at radius 1 is 1.29 bits per heavy atom. The van der Waals surface area contributed by atoms with Gasteiger partial charge in [-0.25, -0.2) is 0 Å². The van der Waals surface area contributed by atoms with E-state index >= 15 is 0 Å². The number of nitriles is 1. The Bertz CT molecular complexity index is 226. The summed E-state index contributed by atoms with van der Waals surface area (Å²) in [6.45, 7) is 3.94. The Morgan fingerprint density at radius 2 is 1.94 bits per heavy atom. The minimum atomic E-state index is -0.0109. The molecule has 0 aromatic rings. The molecule has 3 nitrogen and oxygen atoms in total. The van der Waals surface area contributed by atoms with Crippen molar-refractivity contribution in [2.45, 2.75) is 64.0 Å². The molecule has 0 amide bonds. The number of hydrogen-bond donors (Lipinski definition) is 1. The lowest BCUT2D eigenvalue weighted by Crippen LogP contribution is -2.43. The summed E-state index contributed by atoms with van der Waals surface area (Å²) in [5.74, 6) is 0. The van der Waals surface area contributed by atoms with Gasteiger partial charge in [0.05, 0.1) is 6.07 Å². The van der Waals surface area contributed by atoms with Gasteiger partial charge >= 0.3 is 0 Å². The lowest BCUT2D eigenvalue weighted by atomic mass is 10.1. The second kappa shape index (κ2) is 8.49. The Hall–Kier alpha value is -0.590. The van der Waals surface area contributed by atoms with E-state index in [1.807, 2.05) is 0 Å². The maximum absolute atomic E-state index is 9.12. The average Bonchev–Trinajstić information content (AvgIpc) is 2.63. The van der Waals surface area contributed by atoms with E-state index < -0.39 is 0 Å². The molecule has 1 N–H and O–H groups in total. The van der Waals surface area contributed by atoms with Crippen molar-refractivity contribution in [3.05, 3.63) is 0 Å². The highest BCUT2D eigenvalue weighted by Gasteiger charge is 2.19. The smallest absolute Gasteiger partial charge is 0.108 e. The van der Waals surface area contributed by atoms with E-state index in [2.05, 4.69) is 30.3 Å². The molecule has 1 aliphatic carbocycles. The van der Waals surface area contributed by atoms with Gasteiger partial charge in [-0.3, -0.25) is 0 Å². The Labute approximate surface area is 106 Å². The minimum absolute atomic E-state index is 0.0109. The second-order valence-corrected chi connectivity index (χ2v) is 5.22. The maximum Gasteiger partial charge on any atom is 0.108 e. The average molecular weight is 237 g/mol. The standard InChI is InChI=1S/C14H27N3/c1-3-10-16-13(11-15)12-17(2)14-8-6-4-5-7-9-14/h13-14,16H,3-10,12H2,1-2H3. The van der Waals surface area contributed by atoms with Crippen LogP contribution in [0.1, 0.15) is 51.9 Å². The van der Waals surface area contributed by atoms with Crippen LogP contribution < -0.4 is 5.32 Å². The van der Waals surface area contributed by atoms with Crippen LogP contribution in [0.2, 0.25) is 0 Å². The van der Waals surface area contributed by atoms with E-state index in [4.69, 9.17) is 5.26 Å². The van der Waals surface area contributed by atoms with Crippen LogP contribution in [-0.2, 0) is 0 Å². The fourth-order valence-corrected chi connectivity index (χ4v) is 2.61. The molecule has 0 bridgehead atoms. The quantitative estimate of drug-likeness (QED) is 0.722. The molecular weight excluding hydrogens is 210 g/mol. The van der Waals surface area contributed by atoms with Gasteiger partial charge in [-0.1, -0.05) is 32.6 Å². The Morgan fingerprint density at radius 3 is 2.47 bits per heavy atom. The molecule has 0 aromatic carbocycles. The minimum Gasteiger partial charge on any atom is -0.301 e. The zero-order chi connectivity index (χ0) is 12.5. The normalized spacial score (nSPS) is 19.9. The third-order valence-electron chi connectivity index (χ3n) is 3.72. The van der Waals surface area contributed by atoms with Gasteiger partial charge in [-0.15, -0.1) is 0 Å². The zero-order valence-corrected chi connectivity index (χ0v) is 11.4. The van der Waals surface area contributed by atoms with E-state index in [0.717, 1.165) is 19.5 Å². The first-order valence-electron chi connectivity index (χ1n) is 7.11. The van der Waals surface area contributed by atoms with Gasteiger partial charge in [0.2, 0.25) is 0 Å². The van der Waals surface area contributed by atoms with Crippen LogP contribution in [0.4, 0.5) is 0 Å². The van der Waals surface area contributed by atoms with Crippen LogP contribution >= 0.6 is 0 Å². The second-order valence-electron chi connectivity index (χ2n) is 5.22. The maximum atomic E-state index is 9.12. The molecule has 17 heavy (non-hydrogen) atoms. The van der Waals surface area contributed by atoms with Crippen molar-refractivity contribution in [2.75, 3.05) is 20.1 Å². The third kappa shape index (κ3) is 5.52. The van der Waals surface area contributed by atoms with Gasteiger partial charge in [0.15, 0.2) is 0 Å². The van der Waals surface area contributed by atoms with Crippen molar-refractivity contribution < 1.29 is 0 Å². The molecule has 0 saturated heterocycles. The molecular formula is C14H27N3. The van der Waals surface area contributed by atoms with E-state index in [9.17, 15) is 0 Å². The molecule has 1 saturated carbocycles. The van der Waals surface area contributed by atoms with Crippen LogP contribution in [0.15, 0.2) is 0 Å². The predicted molar refractivity (Wildman–Crippen MR) is 71.8 cm³/mol. The third-order valence-corrected chi connectivity index (χ3v) is 3.72. The molecule has 0 heterocycles. The summed E-state index contributed by atoms with van der Waals surface area (Å²) in [7, 11) is 2.17. The lowest BCUT2D eigenvalue weighted by molar-refractivity contribution is 0.210. The molecule has 1 atom stereocenters. The SMILES string of the molecule is CCCNC(C#N)CN(C)C1CCCCCC1. The predicted octanol–water partition coefficient (Wildman–Crippen LogP) is 2.53. The van der Waals surface area contributed by atoms with Gasteiger partial charge in [-0.05, 0) is 32.9 Å². The molecule has 0 aromatic heterocycles. The van der Waals surface area contributed by atoms with Crippen molar-refractivity contribution in [3.63, 3.8) is 0 Å². The van der Waals surface area contributed by atoms with Crippen LogP contribution in [0.3, 0.4) is 0 Å². The van der Waals surface area contributed by atoms with Crippen LogP contribution in [-0.4, -0.2) is 37.1 Å². The van der Waals surface area contributed by atoms with Crippen LogP contribution in [0.5, 0.6) is 0 Å². The summed E-state index contributed by atoms with van der Waals surface area (Å²) >= 11 is 0. The highest BCUT2D eigenvalue weighted by Crippen LogP contribution is 2.20. The number of nitrogens with zero attached hydrogens (tertiary/aromatic N) is 2. The fraction of sp³-hybridized carbons (Fsp3) is 0.929. The van der Waals surface area contributed by atoms with Gasteiger partial charge in [0.1, 0.15) is 6.04 Å². The van der Waals surface area contributed by atoms with Crippen molar-refractivity contribution >= 4 is 0 Å². The highest BCUT2D eigenvalue weighted by molar-refractivity contribution is 4.92. The van der Waals surface area contributed by atoms with Crippen LogP contribution in [0, 0.1) is 11.3 Å². The Balaban J connectivity index is 2.34. The number of nitrogens with one attached hydrogen (secondary N) is 1.